The van der Waals surface area contributed by atoms with Gasteiger partial charge in [0, 0.05) is 11.1 Å². The number of benzene rings is 2. The molecule has 0 nitrogen and oxygen atoms in total. The van der Waals surface area contributed by atoms with Gasteiger partial charge in [-0.1, -0.05) is 36.1 Å². The van der Waals surface area contributed by atoms with Gasteiger partial charge in [0.1, 0.15) is 0 Å². The van der Waals surface area contributed by atoms with Crippen LogP contribution >= 0.6 is 0 Å². The molecule has 2 rings (SSSR count). The lowest BCUT2D eigenvalue weighted by Crippen LogP contribution is -2.18. The van der Waals surface area contributed by atoms with Crippen LogP contribution in [0.25, 0.3) is 0 Å². The zero-order valence-electron chi connectivity index (χ0n) is 10.9. The fourth-order valence-electron chi connectivity index (χ4n) is 1.86. The molecule has 0 fully saturated rings. The number of hydrogen-bond donors (Lipinski definition) is 0. The second kappa shape index (κ2) is 5.76. The van der Waals surface area contributed by atoms with Gasteiger partial charge in [-0.15, -0.1) is 0 Å². The predicted molar refractivity (Wildman–Crippen MR) is 68.9 cm³/mol. The lowest BCUT2D eigenvalue weighted by Gasteiger charge is -2.16. The molecular weight excluding hydrogens is 306 g/mol. The Bertz CT molecular complexity index is 714. The molecule has 0 aliphatic heterocycles. The molecule has 0 amide bonds. The third-order valence-corrected chi connectivity index (χ3v) is 2.77. The van der Waals surface area contributed by atoms with Gasteiger partial charge in [0.25, 0.3) is 0 Å². The van der Waals surface area contributed by atoms with Crippen LogP contribution in [0.3, 0.4) is 0 Å². The molecule has 0 radical (unpaired) electrons. The molecule has 0 unspecified atom stereocenters. The third-order valence-electron chi connectivity index (χ3n) is 2.77. The zero-order chi connectivity index (χ0) is 16.4. The second-order valence-corrected chi connectivity index (χ2v) is 4.34. The van der Waals surface area contributed by atoms with E-state index in [4.69, 9.17) is 0 Å². The van der Waals surface area contributed by atoms with Gasteiger partial charge in [0.2, 0.25) is 0 Å². The molecule has 2 aromatic rings. The van der Waals surface area contributed by atoms with Gasteiger partial charge in [-0.25, -0.2) is 0 Å². The summed E-state index contributed by atoms with van der Waals surface area (Å²) in [5.74, 6) is 4.61. The van der Waals surface area contributed by atoms with E-state index in [1.54, 1.807) is 30.3 Å². The molecule has 0 heterocycles. The summed E-state index contributed by atoms with van der Waals surface area (Å²) in [5, 5.41) is 0. The van der Waals surface area contributed by atoms with Crippen LogP contribution in [0.2, 0.25) is 0 Å². The molecule has 0 spiro atoms. The number of rotatable bonds is 0. The number of hydrogen-bond acceptors (Lipinski definition) is 0. The van der Waals surface area contributed by atoms with E-state index in [-0.39, 0.29) is 0 Å². The van der Waals surface area contributed by atoms with Crippen molar-refractivity contribution in [1.29, 1.82) is 0 Å². The summed E-state index contributed by atoms with van der Waals surface area (Å²) in [6.45, 7) is 0. The van der Waals surface area contributed by atoms with Gasteiger partial charge in [0.05, 0.1) is 11.1 Å². The zero-order valence-corrected chi connectivity index (χ0v) is 10.9. The summed E-state index contributed by atoms with van der Waals surface area (Å²) in [6.07, 6.45) is -10.2. The van der Waals surface area contributed by atoms with Crippen molar-refractivity contribution in [3.05, 3.63) is 70.8 Å². The summed E-state index contributed by atoms with van der Waals surface area (Å²) in [6, 6.07) is 10.3. The topological polar surface area (TPSA) is 0 Å². The van der Waals surface area contributed by atoms with Crippen molar-refractivity contribution in [3.63, 3.8) is 0 Å². The first-order valence-corrected chi connectivity index (χ1v) is 6.04. The molecule has 0 N–H and O–H groups in total. The summed E-state index contributed by atoms with van der Waals surface area (Å²) in [7, 11) is 0. The van der Waals surface area contributed by atoms with Crippen LogP contribution in [0.4, 0.5) is 26.3 Å². The van der Waals surface area contributed by atoms with E-state index in [1.807, 2.05) is 0 Å². The second-order valence-electron chi connectivity index (χ2n) is 4.34. The average Bonchev–Trinajstić information content (AvgIpc) is 2.44. The van der Waals surface area contributed by atoms with Crippen LogP contribution in [0.15, 0.2) is 48.5 Å². The predicted octanol–water partition coefficient (Wildman–Crippen LogP) is 5.12. The van der Waals surface area contributed by atoms with E-state index in [2.05, 4.69) is 11.8 Å². The molecule has 6 heteroatoms. The first kappa shape index (κ1) is 16.0. The standard InChI is InChI=1S/C16H8F6/c17-15(18,19)13-8-4-7-12(14(13)16(20,21)22)10-9-11-5-2-1-3-6-11/h1-8H. The highest BCUT2D eigenvalue weighted by atomic mass is 19.4. The molecule has 0 saturated carbocycles. The van der Waals surface area contributed by atoms with E-state index in [0.717, 1.165) is 12.1 Å². The molecule has 22 heavy (non-hydrogen) atoms. The minimum Gasteiger partial charge on any atom is -0.166 e. The van der Waals surface area contributed by atoms with Crippen molar-refractivity contribution in [2.45, 2.75) is 12.4 Å². The molecule has 0 aliphatic carbocycles. The van der Waals surface area contributed by atoms with Gasteiger partial charge >= 0.3 is 12.4 Å². The van der Waals surface area contributed by atoms with Gasteiger partial charge in [-0.2, -0.15) is 26.3 Å². The van der Waals surface area contributed by atoms with Crippen LogP contribution in [0, 0.1) is 11.8 Å². The highest BCUT2D eigenvalue weighted by Gasteiger charge is 2.44. The van der Waals surface area contributed by atoms with Crippen molar-refractivity contribution in [2.75, 3.05) is 0 Å². The molecular formula is C16H8F6. The van der Waals surface area contributed by atoms with Crippen molar-refractivity contribution in [2.24, 2.45) is 0 Å². The molecule has 0 bridgehead atoms. The maximum atomic E-state index is 13.0. The van der Waals surface area contributed by atoms with Crippen LogP contribution < -0.4 is 0 Å². The maximum Gasteiger partial charge on any atom is 0.418 e. The quantitative estimate of drug-likeness (QED) is 0.467. The Labute approximate surface area is 122 Å². The first-order valence-electron chi connectivity index (χ1n) is 6.04. The number of halogens is 6. The monoisotopic (exact) mass is 314 g/mol. The highest BCUT2D eigenvalue weighted by molar-refractivity contribution is 5.51. The van der Waals surface area contributed by atoms with Gasteiger partial charge in [-0.3, -0.25) is 0 Å². The fraction of sp³-hybridized carbons (Fsp3) is 0.125. The van der Waals surface area contributed by atoms with Crippen molar-refractivity contribution in [3.8, 4) is 11.8 Å². The van der Waals surface area contributed by atoms with E-state index >= 15 is 0 Å². The normalized spacial score (nSPS) is 11.7. The Morgan fingerprint density at radius 3 is 1.82 bits per heavy atom. The van der Waals surface area contributed by atoms with Crippen LogP contribution in [-0.2, 0) is 12.4 Å². The Balaban J connectivity index is 2.60. The smallest absolute Gasteiger partial charge is 0.166 e. The summed E-state index contributed by atoms with van der Waals surface area (Å²) >= 11 is 0. The Morgan fingerprint density at radius 2 is 1.27 bits per heavy atom. The first-order chi connectivity index (χ1) is 10.2. The minimum atomic E-state index is -5.15. The van der Waals surface area contributed by atoms with Crippen molar-refractivity contribution >= 4 is 0 Å². The van der Waals surface area contributed by atoms with E-state index in [1.165, 1.54) is 0 Å². The van der Waals surface area contributed by atoms with Crippen LogP contribution in [0.5, 0.6) is 0 Å². The Hall–Kier alpha value is -2.42. The highest BCUT2D eigenvalue weighted by Crippen LogP contribution is 2.41. The van der Waals surface area contributed by atoms with E-state index in [0.29, 0.717) is 11.6 Å². The third kappa shape index (κ3) is 3.61. The Kier molecular flexibility index (Phi) is 4.18. The maximum absolute atomic E-state index is 13.0. The molecule has 0 atom stereocenters. The summed E-state index contributed by atoms with van der Waals surface area (Å²) in [5.41, 5.74) is -3.79. The number of alkyl halides is 6. The molecule has 114 valence electrons. The Morgan fingerprint density at radius 1 is 0.636 bits per heavy atom. The van der Waals surface area contributed by atoms with Gasteiger partial charge in [-0.05, 0) is 24.3 Å². The van der Waals surface area contributed by atoms with Crippen molar-refractivity contribution < 1.29 is 26.3 Å². The lowest BCUT2D eigenvalue weighted by atomic mass is 10.00. The summed E-state index contributed by atoms with van der Waals surface area (Å²) < 4.78 is 77.3. The van der Waals surface area contributed by atoms with Gasteiger partial charge < -0.3 is 0 Å². The van der Waals surface area contributed by atoms with Crippen LogP contribution in [0.1, 0.15) is 22.3 Å². The van der Waals surface area contributed by atoms with Crippen LogP contribution in [-0.4, -0.2) is 0 Å². The van der Waals surface area contributed by atoms with E-state index < -0.39 is 29.0 Å². The molecule has 2 aromatic carbocycles. The fourth-order valence-corrected chi connectivity index (χ4v) is 1.86. The minimum absolute atomic E-state index is 0.399. The van der Waals surface area contributed by atoms with E-state index in [9.17, 15) is 26.3 Å². The molecule has 0 aromatic heterocycles. The average molecular weight is 314 g/mol. The van der Waals surface area contributed by atoms with Crippen molar-refractivity contribution in [1.82, 2.24) is 0 Å². The van der Waals surface area contributed by atoms with Gasteiger partial charge in [0.15, 0.2) is 0 Å². The molecule has 0 aliphatic rings. The summed E-state index contributed by atoms with van der Waals surface area (Å²) in [4.78, 5) is 0. The molecule has 0 saturated heterocycles. The lowest BCUT2D eigenvalue weighted by molar-refractivity contribution is -0.162. The largest absolute Gasteiger partial charge is 0.418 e. The SMILES string of the molecule is FC(F)(F)c1cccc(C#Cc2ccccc2)c1C(F)(F)F.